The highest BCUT2D eigenvalue weighted by Gasteiger charge is 2.08. The second kappa shape index (κ2) is 6.34. The number of ether oxygens (including phenoxy) is 2. The van der Waals surface area contributed by atoms with E-state index in [1.165, 1.54) is 14.2 Å². The van der Waals surface area contributed by atoms with E-state index in [1.54, 1.807) is 36.7 Å². The molecule has 2 aromatic rings. The molecular formula is C15H12N2O3. The van der Waals surface area contributed by atoms with E-state index in [2.05, 4.69) is 26.5 Å². The maximum atomic E-state index is 11.6. The molecule has 0 atom stereocenters. The third-order valence-electron chi connectivity index (χ3n) is 2.45. The van der Waals surface area contributed by atoms with Crippen LogP contribution in [0.25, 0.3) is 0 Å². The van der Waals surface area contributed by atoms with Gasteiger partial charge in [-0.15, -0.1) is 0 Å². The Morgan fingerprint density at radius 3 is 2.50 bits per heavy atom. The van der Waals surface area contributed by atoms with E-state index >= 15 is 0 Å². The van der Waals surface area contributed by atoms with Crippen molar-refractivity contribution in [3.05, 3.63) is 53.6 Å². The van der Waals surface area contributed by atoms with Crippen molar-refractivity contribution in [2.75, 3.05) is 14.2 Å². The van der Waals surface area contributed by atoms with Gasteiger partial charge in [0.2, 0.25) is 5.82 Å². The number of benzene rings is 1. The molecule has 2 rings (SSSR count). The van der Waals surface area contributed by atoms with Gasteiger partial charge in [-0.3, -0.25) is 0 Å². The second-order valence-electron chi connectivity index (χ2n) is 3.76. The van der Waals surface area contributed by atoms with Crippen molar-refractivity contribution >= 4 is 5.97 Å². The first-order chi connectivity index (χ1) is 9.72. The van der Waals surface area contributed by atoms with Gasteiger partial charge in [-0.25, -0.2) is 14.8 Å². The minimum Gasteiger partial charge on any atom is -0.497 e. The summed E-state index contributed by atoms with van der Waals surface area (Å²) in [6.45, 7) is 0. The fraction of sp³-hybridized carbons (Fsp3) is 0.133. The molecule has 0 aliphatic carbocycles. The fourth-order valence-electron chi connectivity index (χ4n) is 1.52. The SMILES string of the molecule is COC(=O)c1cc(C#Cc2ncccn2)cc(OC)c1. The van der Waals surface area contributed by atoms with Crippen LogP contribution in [-0.4, -0.2) is 30.2 Å². The molecule has 5 heteroatoms. The summed E-state index contributed by atoms with van der Waals surface area (Å²) < 4.78 is 9.82. The van der Waals surface area contributed by atoms with Gasteiger partial charge in [0.1, 0.15) is 5.75 Å². The number of aromatic nitrogens is 2. The minimum atomic E-state index is -0.442. The Morgan fingerprint density at radius 2 is 1.85 bits per heavy atom. The van der Waals surface area contributed by atoms with Crippen LogP contribution in [0.2, 0.25) is 0 Å². The standard InChI is InChI=1S/C15H12N2O3/c1-19-13-9-11(8-12(10-13)15(18)20-2)4-5-14-16-6-3-7-17-14/h3,6-10H,1-2H3. The molecule has 0 aliphatic heterocycles. The second-order valence-corrected chi connectivity index (χ2v) is 3.76. The average Bonchev–Trinajstić information content (AvgIpc) is 2.52. The van der Waals surface area contributed by atoms with Gasteiger partial charge in [0.05, 0.1) is 19.8 Å². The van der Waals surface area contributed by atoms with Gasteiger partial charge in [0.15, 0.2) is 0 Å². The number of carbonyl (C=O) groups excluding carboxylic acids is 1. The van der Waals surface area contributed by atoms with Crippen LogP contribution in [0, 0.1) is 11.8 Å². The lowest BCUT2D eigenvalue weighted by molar-refractivity contribution is 0.0600. The monoisotopic (exact) mass is 268 g/mol. The lowest BCUT2D eigenvalue weighted by atomic mass is 10.1. The number of rotatable bonds is 2. The highest BCUT2D eigenvalue weighted by Crippen LogP contribution is 2.17. The molecule has 0 fully saturated rings. The summed E-state index contributed by atoms with van der Waals surface area (Å²) in [4.78, 5) is 19.6. The Bertz CT molecular complexity index is 673. The molecule has 0 saturated carbocycles. The first kappa shape index (κ1) is 13.6. The molecule has 1 aromatic carbocycles. The predicted molar refractivity (Wildman–Crippen MR) is 72.3 cm³/mol. The van der Waals surface area contributed by atoms with Crippen LogP contribution in [-0.2, 0) is 4.74 Å². The third kappa shape index (κ3) is 3.33. The summed E-state index contributed by atoms with van der Waals surface area (Å²) in [5, 5.41) is 0. The number of esters is 1. The van der Waals surface area contributed by atoms with E-state index in [0.717, 1.165) is 0 Å². The molecule has 5 nitrogen and oxygen atoms in total. The number of methoxy groups -OCH3 is 2. The normalized spacial score (nSPS) is 9.30. The maximum absolute atomic E-state index is 11.6. The summed E-state index contributed by atoms with van der Waals surface area (Å²) in [6.07, 6.45) is 3.23. The van der Waals surface area contributed by atoms with Crippen molar-refractivity contribution < 1.29 is 14.3 Å². The molecule has 0 aliphatic rings. The highest BCUT2D eigenvalue weighted by atomic mass is 16.5. The molecule has 0 saturated heterocycles. The van der Waals surface area contributed by atoms with Gasteiger partial charge in [0.25, 0.3) is 0 Å². The first-order valence-corrected chi connectivity index (χ1v) is 5.79. The summed E-state index contributed by atoms with van der Waals surface area (Å²) in [5.41, 5.74) is 1.00. The van der Waals surface area contributed by atoms with Crippen molar-refractivity contribution in [2.45, 2.75) is 0 Å². The van der Waals surface area contributed by atoms with Gasteiger partial charge in [-0.05, 0) is 30.2 Å². The van der Waals surface area contributed by atoms with E-state index in [4.69, 9.17) is 4.74 Å². The lowest BCUT2D eigenvalue weighted by Crippen LogP contribution is -2.02. The van der Waals surface area contributed by atoms with Gasteiger partial charge in [-0.1, -0.05) is 5.92 Å². The van der Waals surface area contributed by atoms with Crippen LogP contribution in [0.15, 0.2) is 36.7 Å². The molecule has 0 bridgehead atoms. The number of carbonyl (C=O) groups is 1. The minimum absolute atomic E-state index is 0.380. The molecule has 1 aromatic heterocycles. The van der Waals surface area contributed by atoms with Gasteiger partial charge >= 0.3 is 5.97 Å². The van der Waals surface area contributed by atoms with Gasteiger partial charge < -0.3 is 9.47 Å². The van der Waals surface area contributed by atoms with E-state index in [1.807, 2.05) is 0 Å². The first-order valence-electron chi connectivity index (χ1n) is 5.79. The molecule has 1 heterocycles. The van der Waals surface area contributed by atoms with Crippen LogP contribution in [0.4, 0.5) is 0 Å². The fourth-order valence-corrected chi connectivity index (χ4v) is 1.52. The molecule has 0 N–H and O–H groups in total. The average molecular weight is 268 g/mol. The largest absolute Gasteiger partial charge is 0.497 e. The quantitative estimate of drug-likeness (QED) is 0.612. The Kier molecular flexibility index (Phi) is 4.30. The van der Waals surface area contributed by atoms with Crippen LogP contribution < -0.4 is 4.74 Å². The molecule has 100 valence electrons. The molecular weight excluding hydrogens is 256 g/mol. The summed E-state index contributed by atoms with van der Waals surface area (Å²) >= 11 is 0. The molecule has 0 spiro atoms. The Labute approximate surface area is 116 Å². The summed E-state index contributed by atoms with van der Waals surface area (Å²) in [6, 6.07) is 6.66. The van der Waals surface area contributed by atoms with Crippen molar-refractivity contribution in [1.82, 2.24) is 9.97 Å². The zero-order chi connectivity index (χ0) is 14.4. The molecule has 0 amide bonds. The third-order valence-corrected chi connectivity index (χ3v) is 2.45. The van der Waals surface area contributed by atoms with Gasteiger partial charge in [-0.2, -0.15) is 0 Å². The van der Waals surface area contributed by atoms with E-state index in [0.29, 0.717) is 22.7 Å². The maximum Gasteiger partial charge on any atom is 0.338 e. The van der Waals surface area contributed by atoms with Crippen LogP contribution in [0.1, 0.15) is 21.7 Å². The van der Waals surface area contributed by atoms with Crippen molar-refractivity contribution in [1.29, 1.82) is 0 Å². The number of nitrogens with zero attached hydrogens (tertiary/aromatic N) is 2. The van der Waals surface area contributed by atoms with E-state index < -0.39 is 5.97 Å². The molecule has 20 heavy (non-hydrogen) atoms. The Morgan fingerprint density at radius 1 is 1.10 bits per heavy atom. The zero-order valence-corrected chi connectivity index (χ0v) is 11.1. The molecule has 0 unspecified atom stereocenters. The Hall–Kier alpha value is -2.87. The van der Waals surface area contributed by atoms with Crippen LogP contribution in [0.5, 0.6) is 5.75 Å². The van der Waals surface area contributed by atoms with Gasteiger partial charge in [0, 0.05) is 18.0 Å². The van der Waals surface area contributed by atoms with Crippen molar-refractivity contribution in [2.24, 2.45) is 0 Å². The highest BCUT2D eigenvalue weighted by molar-refractivity contribution is 5.90. The topological polar surface area (TPSA) is 61.3 Å². The van der Waals surface area contributed by atoms with E-state index in [9.17, 15) is 4.79 Å². The van der Waals surface area contributed by atoms with Crippen molar-refractivity contribution in [3.8, 4) is 17.6 Å². The summed E-state index contributed by atoms with van der Waals surface area (Å²) in [5.74, 6) is 6.21. The van der Waals surface area contributed by atoms with E-state index in [-0.39, 0.29) is 0 Å². The van der Waals surface area contributed by atoms with Crippen molar-refractivity contribution in [3.63, 3.8) is 0 Å². The predicted octanol–water partition coefficient (Wildman–Crippen LogP) is 1.67. The smallest absolute Gasteiger partial charge is 0.338 e. The number of hydrogen-bond donors (Lipinski definition) is 0. The lowest BCUT2D eigenvalue weighted by Gasteiger charge is -2.04. The number of hydrogen-bond acceptors (Lipinski definition) is 5. The summed E-state index contributed by atoms with van der Waals surface area (Å²) in [7, 11) is 2.85. The Balaban J connectivity index is 2.37. The zero-order valence-electron chi connectivity index (χ0n) is 11.1. The van der Waals surface area contributed by atoms with Crippen LogP contribution in [0.3, 0.4) is 0 Å². The van der Waals surface area contributed by atoms with Crippen LogP contribution >= 0.6 is 0 Å². The molecule has 0 radical (unpaired) electrons.